The number of para-hydroxylation sites is 1. The molecule has 10 heteroatoms. The monoisotopic (exact) mass is 455 g/mol. The molecule has 166 valence electrons. The highest BCUT2D eigenvalue weighted by Gasteiger charge is 2.25. The average molecular weight is 455 g/mol. The van der Waals surface area contributed by atoms with Crippen molar-refractivity contribution in [2.45, 2.75) is 0 Å². The molecule has 0 radical (unpaired) electrons. The van der Waals surface area contributed by atoms with E-state index in [2.05, 4.69) is 20.3 Å². The largest absolute Gasteiger partial charge is 0.493 e. The highest BCUT2D eigenvalue weighted by atomic mass is 32.2. The third kappa shape index (κ3) is 6.61. The summed E-state index contributed by atoms with van der Waals surface area (Å²) in [6, 6.07) is 14.8. The topological polar surface area (TPSA) is 108 Å². The van der Waals surface area contributed by atoms with E-state index < -0.39 is 11.9 Å². The van der Waals surface area contributed by atoms with Crippen molar-refractivity contribution in [3.8, 4) is 17.2 Å². The first-order valence-corrected chi connectivity index (χ1v) is 10.3. The van der Waals surface area contributed by atoms with Gasteiger partial charge < -0.3 is 18.9 Å². The molecule has 0 aromatic heterocycles. The van der Waals surface area contributed by atoms with E-state index in [0.717, 1.165) is 29.2 Å². The third-order valence-corrected chi connectivity index (χ3v) is 4.90. The Morgan fingerprint density at radius 3 is 2.59 bits per heavy atom. The smallest absolute Gasteiger partial charge is 0.331 e. The first kappa shape index (κ1) is 22.9. The summed E-state index contributed by atoms with van der Waals surface area (Å²) in [5.74, 6) is 0.833. The van der Waals surface area contributed by atoms with Gasteiger partial charge in [-0.3, -0.25) is 10.1 Å². The number of hydrogen-bond donors (Lipinski definition) is 1. The van der Waals surface area contributed by atoms with E-state index in [0.29, 0.717) is 24.7 Å². The van der Waals surface area contributed by atoms with Gasteiger partial charge in [-0.1, -0.05) is 18.2 Å². The van der Waals surface area contributed by atoms with Gasteiger partial charge in [0.25, 0.3) is 5.91 Å². The molecule has 1 N–H and O–H groups in total. The van der Waals surface area contributed by atoms with Crippen LogP contribution in [0.4, 0.5) is 0 Å². The zero-order valence-corrected chi connectivity index (χ0v) is 18.3. The zero-order chi connectivity index (χ0) is 22.8. The number of rotatable bonds is 9. The lowest BCUT2D eigenvalue weighted by molar-refractivity contribution is -0.135. The van der Waals surface area contributed by atoms with Crippen LogP contribution < -0.4 is 19.5 Å². The minimum atomic E-state index is -0.617. The first-order chi connectivity index (χ1) is 15.6. The lowest BCUT2D eigenvalue weighted by atomic mass is 10.2. The van der Waals surface area contributed by atoms with Gasteiger partial charge in [-0.25, -0.2) is 4.79 Å². The average Bonchev–Trinajstić information content (AvgIpc) is 3.16. The van der Waals surface area contributed by atoms with E-state index in [9.17, 15) is 9.59 Å². The van der Waals surface area contributed by atoms with Crippen molar-refractivity contribution in [2.75, 3.05) is 27.4 Å². The van der Waals surface area contributed by atoms with Crippen LogP contribution in [0.5, 0.6) is 17.2 Å². The van der Waals surface area contributed by atoms with Crippen molar-refractivity contribution < 1.29 is 28.5 Å². The van der Waals surface area contributed by atoms with E-state index in [1.54, 1.807) is 25.3 Å². The van der Waals surface area contributed by atoms with Crippen LogP contribution in [0.3, 0.4) is 0 Å². The molecule has 3 rings (SSSR count). The summed E-state index contributed by atoms with van der Waals surface area (Å²) in [7, 11) is 2.78. The zero-order valence-electron chi connectivity index (χ0n) is 17.4. The Kier molecular flexibility index (Phi) is 8.27. The molecule has 1 heterocycles. The normalized spacial score (nSPS) is 15.8. The van der Waals surface area contributed by atoms with E-state index in [4.69, 9.17) is 14.2 Å². The number of amidine groups is 1. The van der Waals surface area contributed by atoms with E-state index in [1.165, 1.54) is 13.3 Å². The molecule has 0 spiro atoms. The van der Waals surface area contributed by atoms with Gasteiger partial charge in [-0.2, -0.15) is 5.10 Å². The minimum Gasteiger partial charge on any atom is -0.493 e. The van der Waals surface area contributed by atoms with Gasteiger partial charge in [0.2, 0.25) is 0 Å². The molecule has 0 saturated carbocycles. The molecule has 1 aliphatic rings. The Bertz CT molecular complexity index is 1050. The van der Waals surface area contributed by atoms with Gasteiger partial charge in [0, 0.05) is 6.08 Å². The molecule has 0 atom stereocenters. The number of methoxy groups -OCH3 is 2. The van der Waals surface area contributed by atoms with Crippen molar-refractivity contribution in [2.24, 2.45) is 10.2 Å². The van der Waals surface area contributed by atoms with Crippen LogP contribution in [0.25, 0.3) is 0 Å². The molecule has 0 unspecified atom stereocenters. The summed E-state index contributed by atoms with van der Waals surface area (Å²) < 4.78 is 21.2. The van der Waals surface area contributed by atoms with Crippen LogP contribution in [0.15, 0.2) is 69.7 Å². The summed E-state index contributed by atoms with van der Waals surface area (Å²) in [5.41, 5.74) is 0.721. The fourth-order valence-electron chi connectivity index (χ4n) is 2.50. The summed E-state index contributed by atoms with van der Waals surface area (Å²) in [6.07, 6.45) is 2.60. The molecule has 1 saturated heterocycles. The van der Waals surface area contributed by atoms with Crippen LogP contribution >= 0.6 is 11.8 Å². The molecule has 2 aromatic rings. The molecule has 1 amide bonds. The van der Waals surface area contributed by atoms with Crippen LogP contribution in [-0.4, -0.2) is 50.7 Å². The second-order valence-corrected chi connectivity index (χ2v) is 7.19. The molecule has 0 aliphatic carbocycles. The van der Waals surface area contributed by atoms with Gasteiger partial charge >= 0.3 is 5.97 Å². The number of nitrogens with one attached hydrogen (secondary N) is 1. The fourth-order valence-corrected chi connectivity index (χ4v) is 3.24. The highest BCUT2D eigenvalue weighted by Crippen LogP contribution is 2.28. The summed E-state index contributed by atoms with van der Waals surface area (Å²) in [4.78, 5) is 23.2. The lowest BCUT2D eigenvalue weighted by Crippen LogP contribution is -2.19. The van der Waals surface area contributed by atoms with Crippen molar-refractivity contribution in [1.82, 2.24) is 5.32 Å². The third-order valence-electron chi connectivity index (χ3n) is 4.00. The molecule has 1 aliphatic heterocycles. The predicted molar refractivity (Wildman–Crippen MR) is 121 cm³/mol. The second kappa shape index (κ2) is 11.6. The summed E-state index contributed by atoms with van der Waals surface area (Å²) in [6.45, 7) is 0.744. The van der Waals surface area contributed by atoms with Gasteiger partial charge in [0.1, 0.15) is 19.0 Å². The summed E-state index contributed by atoms with van der Waals surface area (Å²) in [5, 5.41) is 10.7. The number of nitrogens with zero attached hydrogens (tertiary/aromatic N) is 2. The number of esters is 1. The maximum atomic E-state index is 11.8. The number of amides is 1. The van der Waals surface area contributed by atoms with Crippen molar-refractivity contribution in [3.63, 3.8) is 0 Å². The van der Waals surface area contributed by atoms with Gasteiger partial charge in [-0.05, 0) is 47.7 Å². The molecule has 9 nitrogen and oxygen atoms in total. The number of carbonyl (C=O) groups is 2. The van der Waals surface area contributed by atoms with E-state index in [-0.39, 0.29) is 10.1 Å². The van der Waals surface area contributed by atoms with Gasteiger partial charge in [0.05, 0.1) is 25.3 Å². The number of carbonyl (C=O) groups excluding carboxylic acids is 2. The first-order valence-electron chi connectivity index (χ1n) is 9.47. The molecular weight excluding hydrogens is 434 g/mol. The van der Waals surface area contributed by atoms with E-state index >= 15 is 0 Å². The highest BCUT2D eigenvalue weighted by molar-refractivity contribution is 8.18. The predicted octanol–water partition coefficient (Wildman–Crippen LogP) is 2.76. The minimum absolute atomic E-state index is 0.185. The molecule has 2 aromatic carbocycles. The van der Waals surface area contributed by atoms with Gasteiger partial charge in [0.15, 0.2) is 16.7 Å². The van der Waals surface area contributed by atoms with Crippen LogP contribution in [0.1, 0.15) is 5.56 Å². The number of hydrogen-bond acceptors (Lipinski definition) is 9. The van der Waals surface area contributed by atoms with Crippen molar-refractivity contribution in [1.29, 1.82) is 0 Å². The Morgan fingerprint density at radius 2 is 1.84 bits per heavy atom. The Morgan fingerprint density at radius 1 is 1.06 bits per heavy atom. The second-order valence-electron chi connectivity index (χ2n) is 6.16. The van der Waals surface area contributed by atoms with Crippen LogP contribution in [0, 0.1) is 0 Å². The molecule has 1 fully saturated rings. The number of thioether (sulfide) groups is 1. The molecule has 0 bridgehead atoms. The van der Waals surface area contributed by atoms with Crippen molar-refractivity contribution in [3.05, 3.63) is 65.1 Å². The Hall–Kier alpha value is -3.79. The van der Waals surface area contributed by atoms with Gasteiger partial charge in [-0.15, -0.1) is 5.10 Å². The van der Waals surface area contributed by atoms with Crippen LogP contribution in [0.2, 0.25) is 0 Å². The summed E-state index contributed by atoms with van der Waals surface area (Å²) >= 11 is 0.997. The number of ether oxygens (including phenoxy) is 4. The number of benzene rings is 2. The quantitative estimate of drug-likeness (QED) is 0.204. The van der Waals surface area contributed by atoms with Crippen LogP contribution in [-0.2, 0) is 14.3 Å². The molecule has 32 heavy (non-hydrogen) atoms. The maximum Gasteiger partial charge on any atom is 0.331 e. The Labute approximate surface area is 189 Å². The van der Waals surface area contributed by atoms with Crippen molar-refractivity contribution >= 4 is 35.0 Å². The SMILES string of the molecule is COC(=O)/C=C1/S/C(=N\N=Cc2ccc(OCCOc3ccccc3)c(OC)c2)NC1=O. The fraction of sp³-hybridized carbons (Fsp3) is 0.182. The van der Waals surface area contributed by atoms with E-state index in [1.807, 2.05) is 30.3 Å². The lowest BCUT2D eigenvalue weighted by Gasteiger charge is -2.12. The maximum absolute atomic E-state index is 11.8. The standard InChI is InChI=1S/C22H21N3O6S/c1-28-18-12-15(8-9-17(18)31-11-10-30-16-6-4-3-5-7-16)14-23-25-22-24-21(27)19(32-22)13-20(26)29-2/h3-9,12-14H,10-11H2,1-2H3,(H,24,25,27)/b19-13+,23-14?. The Balaban J connectivity index is 1.55. The molecular formula is C22H21N3O6S.